The summed E-state index contributed by atoms with van der Waals surface area (Å²) in [5, 5.41) is 0.740. The molecule has 0 spiro atoms. The molecule has 1 aliphatic rings. The van der Waals surface area contributed by atoms with Crippen LogP contribution in [0.2, 0.25) is 0 Å². The molecule has 1 saturated heterocycles. The van der Waals surface area contributed by atoms with Gasteiger partial charge in [-0.15, -0.1) is 0 Å². The quantitative estimate of drug-likeness (QED) is 0.575. The first-order valence-corrected chi connectivity index (χ1v) is 6.38. The van der Waals surface area contributed by atoms with Gasteiger partial charge in [-0.05, 0) is 19.3 Å². The highest BCUT2D eigenvalue weighted by atomic mass is 79.9. The third-order valence-corrected chi connectivity index (χ3v) is 3.92. The number of rotatable bonds is 4. The predicted molar refractivity (Wildman–Crippen MR) is 60.5 cm³/mol. The average Bonchev–Trinajstić information content (AvgIpc) is 2.39. The number of alkyl halides is 1. The minimum Gasteiger partial charge on any atom is -0.458 e. The molecule has 82 valence electrons. The molecule has 0 saturated carbocycles. The number of ether oxygens (including phenoxy) is 1. The van der Waals surface area contributed by atoms with Crippen molar-refractivity contribution in [3.8, 4) is 0 Å². The van der Waals surface area contributed by atoms with Crippen molar-refractivity contribution in [2.45, 2.75) is 45.6 Å². The maximum absolute atomic E-state index is 11.5. The van der Waals surface area contributed by atoms with E-state index in [2.05, 4.69) is 29.8 Å². The molecule has 14 heavy (non-hydrogen) atoms. The fraction of sp³-hybridized carbons (Fsp3) is 0.909. The molecule has 0 aliphatic carbocycles. The van der Waals surface area contributed by atoms with E-state index in [4.69, 9.17) is 4.74 Å². The fourth-order valence-corrected chi connectivity index (χ4v) is 2.15. The van der Waals surface area contributed by atoms with Crippen molar-refractivity contribution in [2.75, 3.05) is 5.33 Å². The largest absolute Gasteiger partial charge is 0.458 e. The van der Waals surface area contributed by atoms with Crippen LogP contribution >= 0.6 is 15.9 Å². The lowest BCUT2D eigenvalue weighted by Crippen LogP contribution is -2.25. The Labute approximate surface area is 94.5 Å². The second kappa shape index (κ2) is 4.65. The molecule has 2 unspecified atom stereocenters. The molecule has 0 aromatic rings. The summed E-state index contributed by atoms with van der Waals surface area (Å²) in [5.41, 5.74) is -0.265. The van der Waals surface area contributed by atoms with Crippen molar-refractivity contribution in [1.82, 2.24) is 0 Å². The van der Waals surface area contributed by atoms with Gasteiger partial charge in [0.25, 0.3) is 0 Å². The monoisotopic (exact) mass is 262 g/mol. The van der Waals surface area contributed by atoms with E-state index in [0.29, 0.717) is 5.92 Å². The van der Waals surface area contributed by atoms with Crippen molar-refractivity contribution in [3.63, 3.8) is 0 Å². The number of carbonyl (C=O) groups excluding carboxylic acids is 1. The van der Waals surface area contributed by atoms with E-state index in [0.717, 1.165) is 24.6 Å². The van der Waals surface area contributed by atoms with Gasteiger partial charge in [0.15, 0.2) is 0 Å². The van der Waals surface area contributed by atoms with Crippen LogP contribution in [0.3, 0.4) is 0 Å². The third-order valence-electron chi connectivity index (χ3n) is 2.73. The molecule has 0 radical (unpaired) electrons. The van der Waals surface area contributed by atoms with Crippen LogP contribution < -0.4 is 0 Å². The summed E-state index contributed by atoms with van der Waals surface area (Å²) in [6, 6.07) is 0. The van der Waals surface area contributed by atoms with Gasteiger partial charge in [-0.2, -0.15) is 0 Å². The van der Waals surface area contributed by atoms with Crippen molar-refractivity contribution in [3.05, 3.63) is 0 Å². The van der Waals surface area contributed by atoms with E-state index in [-0.39, 0.29) is 17.5 Å². The first kappa shape index (κ1) is 12.0. The van der Waals surface area contributed by atoms with Crippen LogP contribution in [-0.2, 0) is 9.53 Å². The van der Waals surface area contributed by atoms with Crippen LogP contribution in [0.5, 0.6) is 0 Å². The molecular weight excluding hydrogens is 244 g/mol. The minimum absolute atomic E-state index is 0.00685. The zero-order valence-electron chi connectivity index (χ0n) is 9.18. The number of halogens is 1. The normalized spacial score (nSPS) is 32.4. The maximum Gasteiger partial charge on any atom is 0.309 e. The Bertz CT molecular complexity index is 215. The summed E-state index contributed by atoms with van der Waals surface area (Å²) >= 11 is 3.39. The van der Waals surface area contributed by atoms with E-state index in [1.807, 2.05) is 6.92 Å². The highest BCUT2D eigenvalue weighted by Gasteiger charge is 2.42. The van der Waals surface area contributed by atoms with Gasteiger partial charge in [0.05, 0.1) is 5.92 Å². The Morgan fingerprint density at radius 2 is 2.29 bits per heavy atom. The first-order valence-electron chi connectivity index (χ1n) is 5.25. The number of carbonyl (C=O) groups is 1. The summed E-state index contributed by atoms with van der Waals surface area (Å²) in [6.07, 6.45) is 2.95. The molecule has 0 N–H and O–H groups in total. The highest BCUT2D eigenvalue weighted by molar-refractivity contribution is 9.09. The minimum atomic E-state index is -0.265. The lowest BCUT2D eigenvalue weighted by atomic mass is 9.91. The molecule has 0 aromatic heterocycles. The predicted octanol–water partition coefficient (Wildman–Crippen LogP) is 3.14. The van der Waals surface area contributed by atoms with Gasteiger partial charge in [-0.25, -0.2) is 0 Å². The Hall–Kier alpha value is -0.0500. The van der Waals surface area contributed by atoms with E-state index in [1.54, 1.807) is 0 Å². The topological polar surface area (TPSA) is 26.3 Å². The van der Waals surface area contributed by atoms with Gasteiger partial charge in [0.2, 0.25) is 0 Å². The summed E-state index contributed by atoms with van der Waals surface area (Å²) < 4.78 is 5.36. The molecule has 3 heteroatoms. The lowest BCUT2D eigenvalue weighted by Gasteiger charge is -2.18. The summed E-state index contributed by atoms with van der Waals surface area (Å²) in [5.74, 6) is 0.783. The first-order chi connectivity index (χ1) is 6.47. The summed E-state index contributed by atoms with van der Waals surface area (Å²) in [7, 11) is 0. The Morgan fingerprint density at radius 1 is 1.64 bits per heavy atom. The SMILES string of the molecule is CC(C)CCC1CC(C)(CBr)OC1=O. The molecule has 1 heterocycles. The van der Waals surface area contributed by atoms with E-state index in [9.17, 15) is 4.79 Å². The second-order valence-corrected chi connectivity index (χ2v) is 5.44. The molecule has 1 rings (SSSR count). The number of hydrogen-bond donors (Lipinski definition) is 0. The number of cyclic esters (lactones) is 1. The van der Waals surface area contributed by atoms with Gasteiger partial charge >= 0.3 is 5.97 Å². The van der Waals surface area contributed by atoms with E-state index in [1.165, 1.54) is 0 Å². The molecule has 1 aliphatic heterocycles. The molecule has 0 amide bonds. The van der Waals surface area contributed by atoms with Crippen molar-refractivity contribution in [1.29, 1.82) is 0 Å². The molecular formula is C11H19BrO2. The van der Waals surface area contributed by atoms with Gasteiger partial charge in [0, 0.05) is 11.8 Å². The molecule has 2 atom stereocenters. The second-order valence-electron chi connectivity index (χ2n) is 4.88. The molecule has 0 bridgehead atoms. The Kier molecular flexibility index (Phi) is 3.99. The number of hydrogen-bond acceptors (Lipinski definition) is 2. The van der Waals surface area contributed by atoms with Crippen molar-refractivity contribution < 1.29 is 9.53 Å². The number of esters is 1. The van der Waals surface area contributed by atoms with Crippen LogP contribution in [0.25, 0.3) is 0 Å². The summed E-state index contributed by atoms with van der Waals surface area (Å²) in [4.78, 5) is 11.5. The zero-order chi connectivity index (χ0) is 10.8. The van der Waals surface area contributed by atoms with Gasteiger partial charge < -0.3 is 4.74 Å². The lowest BCUT2D eigenvalue weighted by molar-refractivity contribution is -0.148. The smallest absolute Gasteiger partial charge is 0.309 e. The standard InChI is InChI=1S/C11H19BrO2/c1-8(2)4-5-9-6-11(3,7-12)14-10(9)13/h8-9H,4-7H2,1-3H3. The van der Waals surface area contributed by atoms with E-state index < -0.39 is 0 Å². The molecule has 0 aromatic carbocycles. The van der Waals surface area contributed by atoms with Crippen LogP contribution in [0.1, 0.15) is 40.0 Å². The van der Waals surface area contributed by atoms with Gasteiger partial charge in [-0.3, -0.25) is 4.79 Å². The van der Waals surface area contributed by atoms with Crippen molar-refractivity contribution >= 4 is 21.9 Å². The zero-order valence-corrected chi connectivity index (χ0v) is 10.8. The van der Waals surface area contributed by atoms with Crippen molar-refractivity contribution in [2.24, 2.45) is 11.8 Å². The Morgan fingerprint density at radius 3 is 2.71 bits per heavy atom. The molecule has 1 fully saturated rings. The third kappa shape index (κ3) is 2.97. The summed E-state index contributed by atoms with van der Waals surface area (Å²) in [6.45, 7) is 6.36. The van der Waals surface area contributed by atoms with Crippen LogP contribution in [-0.4, -0.2) is 16.9 Å². The van der Waals surface area contributed by atoms with Gasteiger partial charge in [-0.1, -0.05) is 36.2 Å². The van der Waals surface area contributed by atoms with Gasteiger partial charge in [0.1, 0.15) is 5.60 Å². The highest BCUT2D eigenvalue weighted by Crippen LogP contribution is 2.35. The van der Waals surface area contributed by atoms with Crippen LogP contribution in [0.15, 0.2) is 0 Å². The average molecular weight is 263 g/mol. The molecule has 2 nitrogen and oxygen atoms in total. The van der Waals surface area contributed by atoms with E-state index >= 15 is 0 Å². The van der Waals surface area contributed by atoms with Crippen LogP contribution in [0.4, 0.5) is 0 Å². The Balaban J connectivity index is 2.45. The maximum atomic E-state index is 11.5. The fourth-order valence-electron chi connectivity index (χ4n) is 1.81. The van der Waals surface area contributed by atoms with Crippen LogP contribution in [0, 0.1) is 11.8 Å².